The lowest BCUT2D eigenvalue weighted by molar-refractivity contribution is 0.102. The van der Waals surface area contributed by atoms with Crippen molar-refractivity contribution < 1.29 is 4.79 Å². The first-order valence-electron chi connectivity index (χ1n) is 10.7. The molecule has 1 aromatic heterocycles. The number of benzene rings is 2. The van der Waals surface area contributed by atoms with Crippen molar-refractivity contribution in [2.45, 2.75) is 47.2 Å². The number of nitrogens with one attached hydrogen (secondary N) is 1. The van der Waals surface area contributed by atoms with Crippen molar-refractivity contribution in [2.24, 2.45) is 17.4 Å². The molecule has 0 bridgehead atoms. The van der Waals surface area contributed by atoms with Gasteiger partial charge in [0, 0.05) is 29.9 Å². The standard InChI is InChI=1S/C26H32N4O.2ClH/c1-16(2)13-23-22(15-28)24(20-11-7-19(14-27)8-12-20)25(18(4)29-23)30-26(31)21-9-5-17(3)6-10-21;;/h5-12,16H,13-15,27-28H2,1-4H3,(H,30,31);2*1H. The summed E-state index contributed by atoms with van der Waals surface area (Å²) in [5.41, 5.74) is 20.2. The number of nitrogens with zero attached hydrogens (tertiary/aromatic N) is 1. The minimum atomic E-state index is -0.163. The van der Waals surface area contributed by atoms with Crippen LogP contribution in [0.25, 0.3) is 11.1 Å². The predicted molar refractivity (Wildman–Crippen MR) is 142 cm³/mol. The first kappa shape index (κ1) is 28.6. The van der Waals surface area contributed by atoms with Crippen LogP contribution < -0.4 is 16.8 Å². The van der Waals surface area contributed by atoms with Crippen LogP contribution in [0.4, 0.5) is 5.69 Å². The number of aromatic nitrogens is 1. The van der Waals surface area contributed by atoms with Gasteiger partial charge in [-0.25, -0.2) is 0 Å². The molecular formula is C26H34Cl2N4O. The summed E-state index contributed by atoms with van der Waals surface area (Å²) in [5, 5.41) is 3.12. The lowest BCUT2D eigenvalue weighted by Crippen LogP contribution is -2.18. The highest BCUT2D eigenvalue weighted by molar-refractivity contribution is 6.07. The topological polar surface area (TPSA) is 94.0 Å². The van der Waals surface area contributed by atoms with Crippen LogP contribution in [0.5, 0.6) is 0 Å². The van der Waals surface area contributed by atoms with Crippen molar-refractivity contribution in [3.63, 3.8) is 0 Å². The van der Waals surface area contributed by atoms with Gasteiger partial charge in [-0.3, -0.25) is 9.78 Å². The Morgan fingerprint density at radius 3 is 2.06 bits per heavy atom. The molecule has 0 saturated heterocycles. The smallest absolute Gasteiger partial charge is 0.255 e. The Morgan fingerprint density at radius 1 is 0.939 bits per heavy atom. The summed E-state index contributed by atoms with van der Waals surface area (Å²) >= 11 is 0. The molecule has 3 rings (SSSR count). The Morgan fingerprint density at radius 2 is 1.55 bits per heavy atom. The first-order chi connectivity index (χ1) is 14.8. The third-order valence-corrected chi connectivity index (χ3v) is 5.40. The van der Waals surface area contributed by atoms with Gasteiger partial charge in [0.05, 0.1) is 11.4 Å². The molecule has 0 aliphatic carbocycles. The Bertz CT molecular complexity index is 1070. The van der Waals surface area contributed by atoms with Crippen LogP contribution in [0.15, 0.2) is 48.5 Å². The van der Waals surface area contributed by atoms with E-state index < -0.39 is 0 Å². The van der Waals surface area contributed by atoms with Gasteiger partial charge in [-0.1, -0.05) is 55.8 Å². The number of pyridine rings is 1. The molecule has 0 aliphatic rings. The summed E-state index contributed by atoms with van der Waals surface area (Å²) in [7, 11) is 0. The summed E-state index contributed by atoms with van der Waals surface area (Å²) in [6.45, 7) is 9.10. The molecule has 0 aliphatic heterocycles. The molecule has 5 N–H and O–H groups in total. The van der Waals surface area contributed by atoms with Crippen LogP contribution >= 0.6 is 24.8 Å². The second-order valence-corrected chi connectivity index (χ2v) is 8.40. The van der Waals surface area contributed by atoms with Gasteiger partial charge in [-0.05, 0) is 55.0 Å². The third-order valence-electron chi connectivity index (χ3n) is 5.40. The fourth-order valence-electron chi connectivity index (χ4n) is 3.75. The maximum atomic E-state index is 13.0. The summed E-state index contributed by atoms with van der Waals surface area (Å²) < 4.78 is 0. The van der Waals surface area contributed by atoms with E-state index in [-0.39, 0.29) is 30.7 Å². The molecule has 1 heterocycles. The number of rotatable bonds is 7. The molecule has 0 atom stereocenters. The Hall–Kier alpha value is -2.44. The molecule has 33 heavy (non-hydrogen) atoms. The van der Waals surface area contributed by atoms with E-state index in [0.717, 1.165) is 45.6 Å². The van der Waals surface area contributed by atoms with Crippen molar-refractivity contribution in [1.82, 2.24) is 4.98 Å². The van der Waals surface area contributed by atoms with Crippen LogP contribution in [0.2, 0.25) is 0 Å². The molecule has 0 spiro atoms. The summed E-state index contributed by atoms with van der Waals surface area (Å²) in [5.74, 6) is 0.280. The molecule has 178 valence electrons. The van der Waals surface area contributed by atoms with E-state index >= 15 is 0 Å². The van der Waals surface area contributed by atoms with E-state index in [1.54, 1.807) is 0 Å². The van der Waals surface area contributed by atoms with Crippen LogP contribution in [0.1, 0.15) is 52.3 Å². The van der Waals surface area contributed by atoms with Crippen molar-refractivity contribution in [2.75, 3.05) is 5.32 Å². The average molecular weight is 489 g/mol. The van der Waals surface area contributed by atoms with Gasteiger partial charge in [0.15, 0.2) is 0 Å². The van der Waals surface area contributed by atoms with Crippen molar-refractivity contribution in [3.05, 3.63) is 82.2 Å². The molecule has 1 amide bonds. The Balaban J connectivity index is 0.00000272. The van der Waals surface area contributed by atoms with E-state index in [0.29, 0.717) is 30.3 Å². The largest absolute Gasteiger partial charge is 0.326 e. The Kier molecular flexibility index (Phi) is 11.0. The van der Waals surface area contributed by atoms with Crippen LogP contribution in [0, 0.1) is 19.8 Å². The molecule has 3 aromatic rings. The normalized spacial score (nSPS) is 10.4. The van der Waals surface area contributed by atoms with E-state index in [4.69, 9.17) is 16.5 Å². The maximum Gasteiger partial charge on any atom is 0.255 e. The molecule has 0 unspecified atom stereocenters. The molecule has 0 radical (unpaired) electrons. The van der Waals surface area contributed by atoms with Gasteiger partial charge in [0.2, 0.25) is 0 Å². The summed E-state index contributed by atoms with van der Waals surface area (Å²) in [6, 6.07) is 15.6. The number of hydrogen-bond donors (Lipinski definition) is 3. The zero-order valence-electron chi connectivity index (χ0n) is 19.6. The molecular weight excluding hydrogens is 455 g/mol. The highest BCUT2D eigenvalue weighted by Gasteiger charge is 2.21. The van der Waals surface area contributed by atoms with Crippen LogP contribution in [-0.4, -0.2) is 10.9 Å². The summed E-state index contributed by atoms with van der Waals surface area (Å²) in [6.07, 6.45) is 0.827. The number of carbonyl (C=O) groups excluding carboxylic acids is 1. The number of halogens is 2. The highest BCUT2D eigenvalue weighted by Crippen LogP contribution is 2.36. The van der Waals surface area contributed by atoms with Gasteiger partial charge in [0.25, 0.3) is 5.91 Å². The van der Waals surface area contributed by atoms with E-state index in [2.05, 4.69) is 19.2 Å². The van der Waals surface area contributed by atoms with Gasteiger partial charge < -0.3 is 16.8 Å². The predicted octanol–water partition coefficient (Wildman–Crippen LogP) is 5.58. The highest BCUT2D eigenvalue weighted by atomic mass is 35.5. The van der Waals surface area contributed by atoms with Gasteiger partial charge in [0.1, 0.15) is 0 Å². The van der Waals surface area contributed by atoms with Gasteiger partial charge >= 0.3 is 0 Å². The molecule has 7 heteroatoms. The number of carbonyl (C=O) groups is 1. The second kappa shape index (κ2) is 12.7. The van der Waals surface area contributed by atoms with Crippen molar-refractivity contribution in [3.8, 4) is 11.1 Å². The van der Waals surface area contributed by atoms with E-state index in [1.165, 1.54) is 0 Å². The minimum absolute atomic E-state index is 0. The van der Waals surface area contributed by atoms with Crippen molar-refractivity contribution >= 4 is 36.4 Å². The quantitative estimate of drug-likeness (QED) is 0.404. The minimum Gasteiger partial charge on any atom is -0.326 e. The lowest BCUT2D eigenvalue weighted by Gasteiger charge is -2.21. The number of nitrogens with two attached hydrogens (primary N) is 2. The first-order valence-corrected chi connectivity index (χ1v) is 10.7. The van der Waals surface area contributed by atoms with E-state index in [9.17, 15) is 4.79 Å². The lowest BCUT2D eigenvalue weighted by atomic mass is 9.92. The monoisotopic (exact) mass is 488 g/mol. The van der Waals surface area contributed by atoms with Crippen molar-refractivity contribution in [1.29, 1.82) is 0 Å². The fourth-order valence-corrected chi connectivity index (χ4v) is 3.75. The van der Waals surface area contributed by atoms with Gasteiger partial charge in [-0.2, -0.15) is 0 Å². The average Bonchev–Trinajstić information content (AvgIpc) is 2.75. The third kappa shape index (κ3) is 6.78. The second-order valence-electron chi connectivity index (χ2n) is 8.40. The maximum absolute atomic E-state index is 13.0. The number of anilines is 1. The molecule has 2 aromatic carbocycles. The zero-order chi connectivity index (χ0) is 22.5. The van der Waals surface area contributed by atoms with Crippen LogP contribution in [-0.2, 0) is 19.5 Å². The SMILES string of the molecule is Cc1ccc(C(=O)Nc2c(C)nc(CC(C)C)c(CN)c2-c2ccc(CN)cc2)cc1.Cl.Cl. The van der Waals surface area contributed by atoms with Gasteiger partial charge in [-0.15, -0.1) is 24.8 Å². The molecule has 0 saturated carbocycles. The molecule has 5 nitrogen and oxygen atoms in total. The molecule has 0 fully saturated rings. The van der Waals surface area contributed by atoms with Crippen LogP contribution in [0.3, 0.4) is 0 Å². The number of aryl methyl sites for hydroxylation is 2. The fraction of sp³-hybridized carbons (Fsp3) is 0.308. The number of amides is 1. The Labute approximate surface area is 209 Å². The zero-order valence-corrected chi connectivity index (χ0v) is 21.3. The van der Waals surface area contributed by atoms with E-state index in [1.807, 2.05) is 62.4 Å². The number of hydrogen-bond acceptors (Lipinski definition) is 4. The summed E-state index contributed by atoms with van der Waals surface area (Å²) in [4.78, 5) is 17.9.